The van der Waals surface area contributed by atoms with Crippen molar-refractivity contribution in [3.8, 4) is 11.3 Å². The Morgan fingerprint density at radius 2 is 1.96 bits per heavy atom. The molecule has 2 heterocycles. The topological polar surface area (TPSA) is 69.0 Å². The number of anilines is 1. The summed E-state index contributed by atoms with van der Waals surface area (Å²) in [6.07, 6.45) is 1.07. The number of aromatic carboxylic acids is 1. The van der Waals surface area contributed by atoms with E-state index in [1.807, 2.05) is 17.5 Å². The Morgan fingerprint density at radius 3 is 2.60 bits per heavy atom. The van der Waals surface area contributed by atoms with Gasteiger partial charge in [-0.1, -0.05) is 12.1 Å². The molecule has 0 radical (unpaired) electrons. The molecule has 0 unspecified atom stereocenters. The Labute approximate surface area is 151 Å². The van der Waals surface area contributed by atoms with E-state index in [0.717, 1.165) is 62.1 Å². The highest BCUT2D eigenvalue weighted by Gasteiger charge is 2.19. The summed E-state index contributed by atoms with van der Waals surface area (Å²) in [6, 6.07) is 6.86. The number of carbonyl (C=O) groups is 1. The van der Waals surface area contributed by atoms with Crippen LogP contribution in [0.2, 0.25) is 0 Å². The van der Waals surface area contributed by atoms with Crippen molar-refractivity contribution in [3.63, 3.8) is 0 Å². The first-order valence-electron chi connectivity index (χ1n) is 8.36. The Hall–Kier alpha value is -2.25. The van der Waals surface area contributed by atoms with Crippen LogP contribution in [0.25, 0.3) is 11.3 Å². The van der Waals surface area contributed by atoms with Crippen LogP contribution in [0.1, 0.15) is 16.8 Å². The number of aromatic nitrogens is 1. The first-order chi connectivity index (χ1) is 12.2. The van der Waals surface area contributed by atoms with Crippen LogP contribution in [-0.4, -0.2) is 66.9 Å². The highest BCUT2D eigenvalue weighted by atomic mass is 32.1. The third-order valence-electron chi connectivity index (χ3n) is 4.35. The number of benzene rings is 1. The average molecular weight is 358 g/mol. The fraction of sp³-hybridized carbons (Fsp3) is 0.389. The van der Waals surface area contributed by atoms with E-state index in [-0.39, 0.29) is 0 Å². The first-order valence-corrected chi connectivity index (χ1v) is 9.24. The molecular formula is C18H22N4O2S. The second kappa shape index (κ2) is 8.22. The molecule has 3 rings (SSSR count). The minimum absolute atomic E-state index is 0.293. The van der Waals surface area contributed by atoms with Crippen LogP contribution < -0.4 is 4.90 Å². The molecule has 0 bridgehead atoms. The highest BCUT2D eigenvalue weighted by Crippen LogP contribution is 2.28. The zero-order chi connectivity index (χ0) is 17.6. The second-order valence-electron chi connectivity index (χ2n) is 6.03. The third-order valence-corrected chi connectivity index (χ3v) is 5.25. The van der Waals surface area contributed by atoms with Crippen molar-refractivity contribution in [2.45, 2.75) is 6.42 Å². The van der Waals surface area contributed by atoms with Gasteiger partial charge in [-0.15, -0.1) is 11.3 Å². The van der Waals surface area contributed by atoms with Gasteiger partial charge >= 0.3 is 5.97 Å². The quantitative estimate of drug-likeness (QED) is 0.609. The molecule has 1 aliphatic heterocycles. The maximum Gasteiger partial charge on any atom is 0.335 e. The summed E-state index contributed by atoms with van der Waals surface area (Å²) < 4.78 is 0. The van der Waals surface area contributed by atoms with E-state index in [1.165, 1.54) is 0 Å². The summed E-state index contributed by atoms with van der Waals surface area (Å²) in [6.45, 7) is 9.47. The molecule has 1 aromatic carbocycles. The zero-order valence-electron chi connectivity index (χ0n) is 14.1. The predicted octanol–water partition coefficient (Wildman–Crippen LogP) is 2.72. The number of hydrogen-bond acceptors (Lipinski definition) is 6. The summed E-state index contributed by atoms with van der Waals surface area (Å²) in [5.74, 6) is -0.910. The van der Waals surface area contributed by atoms with Gasteiger partial charge in [0.1, 0.15) is 0 Å². The lowest BCUT2D eigenvalue weighted by Crippen LogP contribution is -2.46. The molecule has 0 aliphatic carbocycles. The molecule has 25 heavy (non-hydrogen) atoms. The zero-order valence-corrected chi connectivity index (χ0v) is 14.9. The van der Waals surface area contributed by atoms with Crippen LogP contribution in [0, 0.1) is 0 Å². The fourth-order valence-electron chi connectivity index (χ4n) is 2.89. The highest BCUT2D eigenvalue weighted by molar-refractivity contribution is 7.14. The summed E-state index contributed by atoms with van der Waals surface area (Å²) >= 11 is 1.64. The van der Waals surface area contributed by atoms with E-state index in [4.69, 9.17) is 10.1 Å². The number of aliphatic imine (C=N–C) groups is 1. The number of hydrogen-bond donors (Lipinski definition) is 1. The standard InChI is InChI=1S/C18H22N4O2S/c1-19-7-2-8-21-9-11-22(12-10-21)18-20-16(13-25-18)14-3-5-15(6-4-14)17(23)24/h3-6,13H,1-2,7-12H2,(H,23,24). The van der Waals surface area contributed by atoms with Gasteiger partial charge in [-0.25, -0.2) is 9.78 Å². The van der Waals surface area contributed by atoms with E-state index in [1.54, 1.807) is 23.5 Å². The van der Waals surface area contributed by atoms with Crippen LogP contribution in [0.4, 0.5) is 5.13 Å². The molecule has 0 atom stereocenters. The smallest absolute Gasteiger partial charge is 0.335 e. The molecule has 132 valence electrons. The summed E-state index contributed by atoms with van der Waals surface area (Å²) in [5.41, 5.74) is 2.14. The average Bonchev–Trinajstić information content (AvgIpc) is 3.13. The fourth-order valence-corrected chi connectivity index (χ4v) is 3.78. The van der Waals surface area contributed by atoms with Gasteiger partial charge in [0, 0.05) is 50.2 Å². The molecule has 1 fully saturated rings. The monoisotopic (exact) mass is 358 g/mol. The first kappa shape index (κ1) is 17.6. The van der Waals surface area contributed by atoms with Crippen molar-refractivity contribution >= 4 is 29.2 Å². The number of carboxylic acids is 1. The van der Waals surface area contributed by atoms with Crippen molar-refractivity contribution in [1.29, 1.82) is 0 Å². The van der Waals surface area contributed by atoms with Gasteiger partial charge in [0.25, 0.3) is 0 Å². The van der Waals surface area contributed by atoms with Gasteiger partial charge in [0.05, 0.1) is 11.3 Å². The van der Waals surface area contributed by atoms with Crippen molar-refractivity contribution in [2.24, 2.45) is 4.99 Å². The van der Waals surface area contributed by atoms with Gasteiger partial charge in [0.2, 0.25) is 0 Å². The molecule has 2 aromatic rings. The van der Waals surface area contributed by atoms with Gasteiger partial charge in [-0.05, 0) is 25.3 Å². The van der Waals surface area contributed by atoms with Crippen LogP contribution in [0.15, 0.2) is 34.6 Å². The minimum atomic E-state index is -0.910. The molecule has 1 aliphatic rings. The van der Waals surface area contributed by atoms with Gasteiger partial charge in [0.15, 0.2) is 5.13 Å². The molecule has 0 saturated carbocycles. The van der Waals surface area contributed by atoms with Gasteiger partial charge in [-0.2, -0.15) is 0 Å². The van der Waals surface area contributed by atoms with Crippen molar-refractivity contribution < 1.29 is 9.90 Å². The van der Waals surface area contributed by atoms with E-state index in [0.29, 0.717) is 5.56 Å². The normalized spacial score (nSPS) is 15.3. The molecule has 0 spiro atoms. The maximum absolute atomic E-state index is 10.9. The van der Waals surface area contributed by atoms with Crippen LogP contribution in [0.3, 0.4) is 0 Å². The lowest BCUT2D eigenvalue weighted by molar-refractivity contribution is 0.0697. The summed E-state index contributed by atoms with van der Waals surface area (Å²) in [7, 11) is 0. The Kier molecular flexibility index (Phi) is 5.78. The summed E-state index contributed by atoms with van der Waals surface area (Å²) in [4.78, 5) is 24.4. The molecule has 1 saturated heterocycles. The molecule has 6 nitrogen and oxygen atoms in total. The van der Waals surface area contributed by atoms with Crippen molar-refractivity contribution in [3.05, 3.63) is 35.2 Å². The SMILES string of the molecule is C=NCCCN1CCN(c2nc(-c3ccc(C(=O)O)cc3)cs2)CC1. The minimum Gasteiger partial charge on any atom is -0.478 e. The lowest BCUT2D eigenvalue weighted by Gasteiger charge is -2.34. The Morgan fingerprint density at radius 1 is 1.24 bits per heavy atom. The van der Waals surface area contributed by atoms with Gasteiger partial charge in [-0.3, -0.25) is 4.90 Å². The van der Waals surface area contributed by atoms with E-state index in [9.17, 15) is 4.79 Å². The van der Waals surface area contributed by atoms with Crippen molar-refractivity contribution in [1.82, 2.24) is 9.88 Å². The van der Waals surface area contributed by atoms with Crippen LogP contribution in [0.5, 0.6) is 0 Å². The third kappa shape index (κ3) is 4.43. The number of carboxylic acid groups (broad SMARTS) is 1. The van der Waals surface area contributed by atoms with E-state index >= 15 is 0 Å². The van der Waals surface area contributed by atoms with Gasteiger partial charge < -0.3 is 15.0 Å². The maximum atomic E-state index is 10.9. The number of thiazole rings is 1. The van der Waals surface area contributed by atoms with Crippen LogP contribution in [-0.2, 0) is 0 Å². The van der Waals surface area contributed by atoms with E-state index < -0.39 is 5.97 Å². The predicted molar refractivity (Wildman–Crippen MR) is 102 cm³/mol. The number of rotatable bonds is 7. The van der Waals surface area contributed by atoms with Crippen LogP contribution >= 0.6 is 11.3 Å². The molecule has 1 aromatic heterocycles. The second-order valence-corrected chi connectivity index (χ2v) is 6.86. The number of nitrogens with zero attached hydrogens (tertiary/aromatic N) is 4. The molecule has 0 amide bonds. The Balaban J connectivity index is 1.58. The number of piperazine rings is 1. The molecule has 1 N–H and O–H groups in total. The Bertz CT molecular complexity index is 721. The molecular weight excluding hydrogens is 336 g/mol. The lowest BCUT2D eigenvalue weighted by atomic mass is 10.1. The largest absolute Gasteiger partial charge is 0.478 e. The van der Waals surface area contributed by atoms with Crippen molar-refractivity contribution in [2.75, 3.05) is 44.2 Å². The summed E-state index contributed by atoms with van der Waals surface area (Å²) in [5, 5.41) is 12.0. The van der Waals surface area contributed by atoms with E-state index in [2.05, 4.69) is 21.5 Å². The molecule has 7 heteroatoms.